The average molecular weight is 435 g/mol. The number of aryl methyl sites for hydroxylation is 1. The molecule has 1 fully saturated rings. The molecule has 1 aromatic heterocycles. The number of aromatic nitrogens is 2. The Morgan fingerprint density at radius 2 is 1.59 bits per heavy atom. The van der Waals surface area contributed by atoms with E-state index >= 15 is 0 Å². The number of carbonyl (C=O) groups excluding carboxylic acids is 1. The largest absolute Gasteiger partial charge is 0.444 e. The van der Waals surface area contributed by atoms with Crippen molar-refractivity contribution in [1.82, 2.24) is 19.6 Å². The number of rotatable bonds is 3. The Labute approximate surface area is 188 Å². The lowest BCUT2D eigenvalue weighted by Crippen LogP contribution is -2.51. The van der Waals surface area contributed by atoms with E-state index in [9.17, 15) is 9.59 Å². The number of amides is 1. The molecule has 2 heterocycles. The Hall–Kier alpha value is -3.19. The van der Waals surface area contributed by atoms with Crippen LogP contribution in [0.4, 0.5) is 4.79 Å². The second-order valence-electron chi connectivity index (χ2n) is 9.29. The fraction of sp³-hybridized carbons (Fsp3) is 0.400. The molecule has 32 heavy (non-hydrogen) atoms. The van der Waals surface area contributed by atoms with Crippen LogP contribution in [0.15, 0.2) is 53.3 Å². The Balaban J connectivity index is 1.57. The van der Waals surface area contributed by atoms with Gasteiger partial charge in [0.25, 0.3) is 5.56 Å². The predicted molar refractivity (Wildman–Crippen MR) is 126 cm³/mol. The van der Waals surface area contributed by atoms with Gasteiger partial charge in [-0.15, -0.1) is 0 Å². The highest BCUT2D eigenvalue weighted by atomic mass is 16.6. The summed E-state index contributed by atoms with van der Waals surface area (Å²) in [6, 6.07) is 15.8. The molecule has 0 N–H and O–H groups in total. The monoisotopic (exact) mass is 434 g/mol. The Morgan fingerprint density at radius 1 is 0.969 bits per heavy atom. The summed E-state index contributed by atoms with van der Waals surface area (Å²) < 4.78 is 7.01. The van der Waals surface area contributed by atoms with E-state index in [4.69, 9.17) is 9.84 Å². The normalized spacial score (nSPS) is 15.2. The lowest BCUT2D eigenvalue weighted by atomic mass is 10.0. The quantitative estimate of drug-likeness (QED) is 0.626. The number of fused-ring (bicyclic) bond motifs is 1. The summed E-state index contributed by atoms with van der Waals surface area (Å²) in [5.74, 6) is 0. The third-order valence-corrected chi connectivity index (χ3v) is 5.55. The van der Waals surface area contributed by atoms with Gasteiger partial charge in [-0.05, 0) is 33.8 Å². The molecule has 1 aliphatic heterocycles. The molecule has 1 amide bonds. The molecule has 2 aromatic carbocycles. The zero-order valence-electron chi connectivity index (χ0n) is 19.2. The summed E-state index contributed by atoms with van der Waals surface area (Å²) in [6.07, 6.45) is -0.292. The molecule has 0 aliphatic carbocycles. The van der Waals surface area contributed by atoms with Gasteiger partial charge in [0, 0.05) is 37.1 Å². The van der Waals surface area contributed by atoms with E-state index in [1.807, 2.05) is 64.1 Å². The fourth-order valence-corrected chi connectivity index (χ4v) is 3.84. The van der Waals surface area contributed by atoms with E-state index in [2.05, 4.69) is 17.0 Å². The highest BCUT2D eigenvalue weighted by Crippen LogP contribution is 2.25. The zero-order chi connectivity index (χ0) is 22.9. The van der Waals surface area contributed by atoms with E-state index in [0.29, 0.717) is 38.2 Å². The van der Waals surface area contributed by atoms with Crippen LogP contribution in [-0.2, 0) is 11.4 Å². The molecular weight excluding hydrogens is 404 g/mol. The smallest absolute Gasteiger partial charge is 0.410 e. The van der Waals surface area contributed by atoms with Crippen LogP contribution >= 0.6 is 0 Å². The third-order valence-electron chi connectivity index (χ3n) is 5.55. The molecule has 3 aromatic rings. The molecule has 4 rings (SSSR count). The molecule has 0 saturated carbocycles. The predicted octanol–water partition coefficient (Wildman–Crippen LogP) is 3.88. The van der Waals surface area contributed by atoms with Crippen LogP contribution in [0.1, 0.15) is 26.3 Å². The van der Waals surface area contributed by atoms with Crippen molar-refractivity contribution >= 4 is 16.9 Å². The lowest BCUT2D eigenvalue weighted by Gasteiger charge is -2.35. The molecule has 7 heteroatoms. The van der Waals surface area contributed by atoms with Gasteiger partial charge >= 0.3 is 6.09 Å². The summed E-state index contributed by atoms with van der Waals surface area (Å²) in [5, 5.41) is 6.27. The molecule has 7 nitrogen and oxygen atoms in total. The van der Waals surface area contributed by atoms with Gasteiger partial charge in [0.1, 0.15) is 5.60 Å². The highest BCUT2D eigenvalue weighted by Gasteiger charge is 2.26. The number of hydrogen-bond acceptors (Lipinski definition) is 5. The molecule has 0 radical (unpaired) electrons. The van der Waals surface area contributed by atoms with E-state index in [1.165, 1.54) is 5.56 Å². The van der Waals surface area contributed by atoms with Crippen LogP contribution < -0.4 is 5.56 Å². The van der Waals surface area contributed by atoms with Crippen molar-refractivity contribution in [3.8, 4) is 11.3 Å². The van der Waals surface area contributed by atoms with Gasteiger partial charge in [0.15, 0.2) is 0 Å². The zero-order valence-corrected chi connectivity index (χ0v) is 19.2. The SMILES string of the molecule is Cc1ccc(-c2nn(CN3CCN(C(=O)OC(C)(C)C)CC3)c(=O)c3ccccc23)cc1. The molecule has 1 saturated heterocycles. The van der Waals surface area contributed by atoms with Crippen molar-refractivity contribution in [2.45, 2.75) is 40.0 Å². The van der Waals surface area contributed by atoms with Gasteiger partial charge in [-0.25, -0.2) is 9.48 Å². The Bertz CT molecular complexity index is 1170. The summed E-state index contributed by atoms with van der Waals surface area (Å²) in [4.78, 5) is 29.3. The van der Waals surface area contributed by atoms with Crippen molar-refractivity contribution in [3.05, 3.63) is 64.4 Å². The molecule has 0 bridgehead atoms. The maximum absolute atomic E-state index is 13.2. The van der Waals surface area contributed by atoms with Gasteiger partial charge in [0.05, 0.1) is 17.7 Å². The summed E-state index contributed by atoms with van der Waals surface area (Å²) in [5.41, 5.74) is 2.34. The van der Waals surface area contributed by atoms with Crippen molar-refractivity contribution in [1.29, 1.82) is 0 Å². The van der Waals surface area contributed by atoms with Crippen LogP contribution in [-0.4, -0.2) is 57.5 Å². The maximum atomic E-state index is 13.2. The van der Waals surface area contributed by atoms with Crippen molar-refractivity contribution < 1.29 is 9.53 Å². The topological polar surface area (TPSA) is 67.7 Å². The van der Waals surface area contributed by atoms with Gasteiger partial charge in [-0.1, -0.05) is 48.0 Å². The van der Waals surface area contributed by atoms with Crippen LogP contribution in [0.25, 0.3) is 22.0 Å². The van der Waals surface area contributed by atoms with Crippen molar-refractivity contribution in [3.63, 3.8) is 0 Å². The highest BCUT2D eigenvalue weighted by molar-refractivity contribution is 5.93. The number of carbonyl (C=O) groups is 1. The van der Waals surface area contributed by atoms with Crippen LogP contribution in [0.3, 0.4) is 0 Å². The summed E-state index contributed by atoms with van der Waals surface area (Å²) in [6.45, 7) is 10.4. The van der Waals surface area contributed by atoms with Crippen LogP contribution in [0, 0.1) is 6.92 Å². The number of hydrogen-bond donors (Lipinski definition) is 0. The molecule has 168 valence electrons. The van der Waals surface area contributed by atoms with Gasteiger partial charge in [-0.2, -0.15) is 5.10 Å². The Morgan fingerprint density at radius 3 is 2.22 bits per heavy atom. The fourth-order valence-electron chi connectivity index (χ4n) is 3.84. The average Bonchev–Trinajstić information content (AvgIpc) is 2.76. The molecule has 0 spiro atoms. The van der Waals surface area contributed by atoms with E-state index in [0.717, 1.165) is 16.6 Å². The lowest BCUT2D eigenvalue weighted by molar-refractivity contribution is 0.0113. The first kappa shape index (κ1) is 22.0. The van der Waals surface area contributed by atoms with E-state index < -0.39 is 5.60 Å². The molecule has 1 aliphatic rings. The third kappa shape index (κ3) is 4.83. The van der Waals surface area contributed by atoms with Gasteiger partial charge < -0.3 is 9.64 Å². The molecule has 0 unspecified atom stereocenters. The van der Waals surface area contributed by atoms with E-state index in [-0.39, 0.29) is 11.7 Å². The van der Waals surface area contributed by atoms with Crippen molar-refractivity contribution in [2.24, 2.45) is 0 Å². The summed E-state index contributed by atoms with van der Waals surface area (Å²) in [7, 11) is 0. The molecular formula is C25H30N4O3. The van der Waals surface area contributed by atoms with Gasteiger partial charge in [-0.3, -0.25) is 9.69 Å². The van der Waals surface area contributed by atoms with Gasteiger partial charge in [0.2, 0.25) is 0 Å². The second-order valence-corrected chi connectivity index (χ2v) is 9.29. The first-order chi connectivity index (χ1) is 15.2. The minimum atomic E-state index is -0.511. The van der Waals surface area contributed by atoms with Crippen molar-refractivity contribution in [2.75, 3.05) is 26.2 Å². The standard InChI is InChI=1S/C25H30N4O3/c1-18-9-11-19(12-10-18)22-20-7-5-6-8-21(20)23(30)29(26-22)17-27-13-15-28(16-14-27)24(31)32-25(2,3)4/h5-12H,13-17H2,1-4H3. The summed E-state index contributed by atoms with van der Waals surface area (Å²) >= 11 is 0. The minimum absolute atomic E-state index is 0.106. The first-order valence-electron chi connectivity index (χ1n) is 11.0. The number of piperazine rings is 1. The molecule has 0 atom stereocenters. The number of ether oxygens (including phenoxy) is 1. The van der Waals surface area contributed by atoms with E-state index in [1.54, 1.807) is 9.58 Å². The number of benzene rings is 2. The first-order valence-corrected chi connectivity index (χ1v) is 11.0. The minimum Gasteiger partial charge on any atom is -0.444 e. The second kappa shape index (κ2) is 8.74. The number of nitrogens with zero attached hydrogens (tertiary/aromatic N) is 4. The van der Waals surface area contributed by atoms with Crippen LogP contribution in [0.5, 0.6) is 0 Å². The maximum Gasteiger partial charge on any atom is 0.410 e. The van der Waals surface area contributed by atoms with Crippen LogP contribution in [0.2, 0.25) is 0 Å². The Kier molecular flexibility index (Phi) is 6.02.